The summed E-state index contributed by atoms with van der Waals surface area (Å²) >= 11 is 0. The standard InChI is InChI=1S/C14H19N5O2/c1-18(2)14-8(15)5-10-9(17-14)3-4-13(16-10)19-6-11(20)12(21)7-19/h3-5,11-12,20-21H,6-7,15H2,1-2H3. The lowest BCUT2D eigenvalue weighted by molar-refractivity contribution is 0.0572. The van der Waals surface area contributed by atoms with E-state index in [0.29, 0.717) is 35.9 Å². The third-order valence-electron chi connectivity index (χ3n) is 3.67. The van der Waals surface area contributed by atoms with Gasteiger partial charge >= 0.3 is 0 Å². The van der Waals surface area contributed by atoms with Gasteiger partial charge in [0.1, 0.15) is 5.82 Å². The number of pyridine rings is 2. The molecule has 2 aromatic heterocycles. The Kier molecular flexibility index (Phi) is 3.30. The summed E-state index contributed by atoms with van der Waals surface area (Å²) in [5.41, 5.74) is 8.03. The normalized spacial score (nSPS) is 22.0. The molecule has 2 unspecified atom stereocenters. The zero-order valence-corrected chi connectivity index (χ0v) is 12.1. The van der Waals surface area contributed by atoms with E-state index in [1.165, 1.54) is 0 Å². The van der Waals surface area contributed by atoms with E-state index >= 15 is 0 Å². The maximum Gasteiger partial charge on any atom is 0.152 e. The molecule has 4 N–H and O–H groups in total. The molecule has 0 radical (unpaired) electrons. The van der Waals surface area contributed by atoms with Crippen molar-refractivity contribution in [1.82, 2.24) is 9.97 Å². The van der Waals surface area contributed by atoms with E-state index < -0.39 is 12.2 Å². The van der Waals surface area contributed by atoms with Crippen molar-refractivity contribution in [2.75, 3.05) is 42.7 Å². The average Bonchev–Trinajstić information content (AvgIpc) is 2.77. The summed E-state index contributed by atoms with van der Waals surface area (Å²) < 4.78 is 0. The molecule has 0 aromatic carbocycles. The third kappa shape index (κ3) is 2.45. The van der Waals surface area contributed by atoms with Crippen LogP contribution in [0.4, 0.5) is 17.3 Å². The van der Waals surface area contributed by atoms with Crippen molar-refractivity contribution >= 4 is 28.4 Å². The average molecular weight is 289 g/mol. The van der Waals surface area contributed by atoms with Crippen LogP contribution in [-0.4, -0.2) is 59.6 Å². The van der Waals surface area contributed by atoms with Gasteiger partial charge in [0.15, 0.2) is 5.82 Å². The monoisotopic (exact) mass is 289 g/mol. The number of aliphatic hydroxyl groups excluding tert-OH is 2. The number of hydrogen-bond acceptors (Lipinski definition) is 7. The number of aromatic nitrogens is 2. The number of anilines is 3. The Bertz CT molecular complexity index is 666. The zero-order valence-electron chi connectivity index (χ0n) is 12.1. The molecule has 2 aromatic rings. The first-order valence-corrected chi connectivity index (χ1v) is 6.81. The maximum atomic E-state index is 9.63. The highest BCUT2D eigenvalue weighted by molar-refractivity contribution is 5.84. The molecule has 3 heterocycles. The summed E-state index contributed by atoms with van der Waals surface area (Å²) in [4.78, 5) is 12.7. The molecule has 0 spiro atoms. The van der Waals surface area contributed by atoms with E-state index in [1.54, 1.807) is 6.07 Å². The van der Waals surface area contributed by atoms with E-state index in [0.717, 1.165) is 5.52 Å². The lowest BCUT2D eigenvalue weighted by Gasteiger charge is -2.18. The molecule has 0 aliphatic carbocycles. The van der Waals surface area contributed by atoms with Crippen LogP contribution in [0.1, 0.15) is 0 Å². The van der Waals surface area contributed by atoms with Crippen LogP contribution in [0.5, 0.6) is 0 Å². The van der Waals surface area contributed by atoms with E-state index in [2.05, 4.69) is 9.97 Å². The molecule has 0 saturated carbocycles. The topological polar surface area (TPSA) is 98.7 Å². The molecule has 1 aliphatic heterocycles. The van der Waals surface area contributed by atoms with E-state index in [9.17, 15) is 10.2 Å². The van der Waals surface area contributed by atoms with Crippen LogP contribution >= 0.6 is 0 Å². The molecule has 7 heteroatoms. The lowest BCUT2D eigenvalue weighted by atomic mass is 10.2. The lowest BCUT2D eigenvalue weighted by Crippen LogP contribution is -2.22. The van der Waals surface area contributed by atoms with E-state index in [-0.39, 0.29) is 0 Å². The number of rotatable bonds is 2. The number of nitrogen functional groups attached to an aromatic ring is 1. The van der Waals surface area contributed by atoms with Crippen molar-refractivity contribution in [1.29, 1.82) is 0 Å². The van der Waals surface area contributed by atoms with E-state index in [1.807, 2.05) is 36.0 Å². The van der Waals surface area contributed by atoms with Gasteiger partial charge in [-0.1, -0.05) is 0 Å². The summed E-state index contributed by atoms with van der Waals surface area (Å²) in [7, 11) is 3.78. The predicted molar refractivity (Wildman–Crippen MR) is 82.5 cm³/mol. The quantitative estimate of drug-likeness (QED) is 0.705. The Morgan fingerprint density at radius 3 is 2.43 bits per heavy atom. The second-order valence-corrected chi connectivity index (χ2v) is 5.54. The maximum absolute atomic E-state index is 9.63. The number of nitrogens with zero attached hydrogens (tertiary/aromatic N) is 4. The number of β-amino-alcohol motifs (C(OH)–C–C–N with tert-alkyl or cyclic N) is 2. The molecule has 0 amide bonds. The number of aliphatic hydroxyl groups is 2. The Morgan fingerprint density at radius 1 is 1.14 bits per heavy atom. The van der Waals surface area contributed by atoms with Gasteiger partial charge < -0.3 is 25.7 Å². The first-order valence-electron chi connectivity index (χ1n) is 6.81. The summed E-state index contributed by atoms with van der Waals surface area (Å²) in [6, 6.07) is 5.51. The molecule has 1 fully saturated rings. The highest BCUT2D eigenvalue weighted by Crippen LogP contribution is 2.26. The van der Waals surface area contributed by atoms with Crippen LogP contribution in [0.25, 0.3) is 11.0 Å². The van der Waals surface area contributed by atoms with Gasteiger partial charge in [0, 0.05) is 27.2 Å². The second kappa shape index (κ2) is 5.01. The van der Waals surface area contributed by atoms with Crippen LogP contribution in [-0.2, 0) is 0 Å². The SMILES string of the molecule is CN(C)c1nc2ccc(N3CC(O)C(O)C3)nc2cc1N. The third-order valence-corrected chi connectivity index (χ3v) is 3.67. The van der Waals surface area contributed by atoms with Crippen LogP contribution < -0.4 is 15.5 Å². The van der Waals surface area contributed by atoms with Gasteiger partial charge in [0.2, 0.25) is 0 Å². The fourth-order valence-corrected chi connectivity index (χ4v) is 2.54. The molecule has 0 bridgehead atoms. The Hall–Kier alpha value is -2.12. The highest BCUT2D eigenvalue weighted by atomic mass is 16.3. The fourth-order valence-electron chi connectivity index (χ4n) is 2.54. The van der Waals surface area contributed by atoms with Gasteiger partial charge in [-0.05, 0) is 18.2 Å². The van der Waals surface area contributed by atoms with Crippen LogP contribution in [0.15, 0.2) is 18.2 Å². The molecule has 112 valence electrons. The first-order chi connectivity index (χ1) is 9.95. The smallest absolute Gasteiger partial charge is 0.152 e. The molecular weight excluding hydrogens is 270 g/mol. The summed E-state index contributed by atoms with van der Waals surface area (Å²) in [5, 5.41) is 19.3. The van der Waals surface area contributed by atoms with Gasteiger partial charge in [-0.3, -0.25) is 0 Å². The van der Waals surface area contributed by atoms with Crippen molar-refractivity contribution in [2.45, 2.75) is 12.2 Å². The fraction of sp³-hybridized carbons (Fsp3) is 0.429. The van der Waals surface area contributed by atoms with Crippen molar-refractivity contribution in [3.63, 3.8) is 0 Å². The molecule has 1 aliphatic rings. The number of hydrogen-bond donors (Lipinski definition) is 3. The van der Waals surface area contributed by atoms with Gasteiger partial charge in [0.05, 0.1) is 28.9 Å². The summed E-state index contributed by atoms with van der Waals surface area (Å²) in [6.45, 7) is 0.747. The van der Waals surface area contributed by atoms with Gasteiger partial charge in [-0.25, -0.2) is 9.97 Å². The van der Waals surface area contributed by atoms with Gasteiger partial charge in [-0.15, -0.1) is 0 Å². The number of fused-ring (bicyclic) bond motifs is 1. The molecule has 21 heavy (non-hydrogen) atoms. The van der Waals surface area contributed by atoms with Crippen molar-refractivity contribution < 1.29 is 10.2 Å². The van der Waals surface area contributed by atoms with E-state index in [4.69, 9.17) is 5.73 Å². The Morgan fingerprint density at radius 2 is 1.81 bits per heavy atom. The molecule has 3 rings (SSSR count). The molecule has 2 atom stereocenters. The van der Waals surface area contributed by atoms with Gasteiger partial charge in [-0.2, -0.15) is 0 Å². The summed E-state index contributed by atoms with van der Waals surface area (Å²) in [5.74, 6) is 1.42. The molecule has 1 saturated heterocycles. The largest absolute Gasteiger partial charge is 0.396 e. The zero-order chi connectivity index (χ0) is 15.1. The molecular formula is C14H19N5O2. The number of nitrogens with two attached hydrogens (primary N) is 1. The van der Waals surface area contributed by atoms with Crippen molar-refractivity contribution in [2.24, 2.45) is 0 Å². The summed E-state index contributed by atoms with van der Waals surface area (Å²) in [6.07, 6.45) is -1.47. The van der Waals surface area contributed by atoms with Crippen molar-refractivity contribution in [3.05, 3.63) is 18.2 Å². The second-order valence-electron chi connectivity index (χ2n) is 5.54. The minimum Gasteiger partial charge on any atom is -0.396 e. The van der Waals surface area contributed by atoms with Crippen LogP contribution in [0.2, 0.25) is 0 Å². The minimum absolute atomic E-state index is 0.373. The van der Waals surface area contributed by atoms with Gasteiger partial charge in [0.25, 0.3) is 0 Å². The van der Waals surface area contributed by atoms with Crippen LogP contribution in [0, 0.1) is 0 Å². The Balaban J connectivity index is 1.99. The minimum atomic E-state index is -0.734. The van der Waals surface area contributed by atoms with Crippen LogP contribution in [0.3, 0.4) is 0 Å². The van der Waals surface area contributed by atoms with Crippen molar-refractivity contribution in [3.8, 4) is 0 Å². The predicted octanol–water partition coefficient (Wildman–Crippen LogP) is -0.180. The Labute approximate surface area is 122 Å². The molecule has 7 nitrogen and oxygen atoms in total. The first kappa shape index (κ1) is 13.8. The highest BCUT2D eigenvalue weighted by Gasteiger charge is 2.30.